The van der Waals surface area contributed by atoms with Crippen LogP contribution in [0.25, 0.3) is 0 Å². The van der Waals surface area contributed by atoms with Gasteiger partial charge >= 0.3 is 0 Å². The third-order valence-electron chi connectivity index (χ3n) is 2.23. The second kappa shape index (κ2) is 3.75. The Kier molecular flexibility index (Phi) is 2.91. The van der Waals surface area contributed by atoms with Crippen LogP contribution in [-0.4, -0.2) is 5.78 Å². The monoisotopic (exact) mass is 139 g/mol. The molecule has 0 heterocycles. The summed E-state index contributed by atoms with van der Waals surface area (Å²) in [6, 6.07) is 0. The fourth-order valence-corrected chi connectivity index (χ4v) is 1.58. The zero-order valence-corrected chi connectivity index (χ0v) is 6.44. The molecule has 10 heavy (non-hydrogen) atoms. The summed E-state index contributed by atoms with van der Waals surface area (Å²) >= 11 is 0. The molecule has 57 valence electrons. The van der Waals surface area contributed by atoms with E-state index in [1.807, 2.05) is 0 Å². The number of ketones is 1. The van der Waals surface area contributed by atoms with Crippen LogP contribution in [0.15, 0.2) is 0 Å². The van der Waals surface area contributed by atoms with Crippen molar-refractivity contribution in [1.29, 1.82) is 0 Å². The lowest BCUT2D eigenvalue weighted by Gasteiger charge is -2.04. The Balaban J connectivity index is 2.20. The Morgan fingerprint density at radius 2 is 2.40 bits per heavy atom. The molecule has 1 aliphatic rings. The van der Waals surface area contributed by atoms with Crippen molar-refractivity contribution in [3.05, 3.63) is 6.92 Å². The standard InChI is InChI=1S/C9H15O/c1-2-3-5-8-6-4-7-9(8)10/h8H,1-7H2. The molecule has 1 heteroatoms. The van der Waals surface area contributed by atoms with Crippen LogP contribution in [0.2, 0.25) is 0 Å². The topological polar surface area (TPSA) is 17.1 Å². The summed E-state index contributed by atoms with van der Waals surface area (Å²) in [7, 11) is 0. The lowest BCUT2D eigenvalue weighted by molar-refractivity contribution is -0.120. The van der Waals surface area contributed by atoms with Crippen molar-refractivity contribution in [3.8, 4) is 0 Å². The fourth-order valence-electron chi connectivity index (χ4n) is 1.58. The Labute approximate surface area is 62.8 Å². The van der Waals surface area contributed by atoms with Crippen molar-refractivity contribution < 1.29 is 4.79 Å². The normalized spacial score (nSPS) is 25.7. The minimum absolute atomic E-state index is 0.404. The van der Waals surface area contributed by atoms with Crippen molar-refractivity contribution >= 4 is 5.78 Å². The zero-order valence-electron chi connectivity index (χ0n) is 6.44. The number of carbonyl (C=O) groups is 1. The minimum atomic E-state index is 0.404. The minimum Gasteiger partial charge on any atom is -0.299 e. The molecule has 0 aromatic heterocycles. The summed E-state index contributed by atoms with van der Waals surface area (Å²) in [5, 5.41) is 0. The SMILES string of the molecule is [CH2]CCCC1CCCC1=O. The smallest absolute Gasteiger partial charge is 0.135 e. The third-order valence-corrected chi connectivity index (χ3v) is 2.23. The maximum absolute atomic E-state index is 11.1. The molecule has 1 unspecified atom stereocenters. The molecule has 1 rings (SSSR count). The first-order valence-corrected chi connectivity index (χ1v) is 4.16. The van der Waals surface area contributed by atoms with Gasteiger partial charge in [0.1, 0.15) is 5.78 Å². The molecule has 0 bridgehead atoms. The van der Waals surface area contributed by atoms with Gasteiger partial charge in [-0.15, -0.1) is 0 Å². The zero-order chi connectivity index (χ0) is 7.40. The molecule has 0 amide bonds. The van der Waals surface area contributed by atoms with E-state index in [4.69, 9.17) is 0 Å². The highest BCUT2D eigenvalue weighted by molar-refractivity contribution is 5.82. The number of unbranched alkanes of at least 4 members (excludes halogenated alkanes) is 1. The lowest BCUT2D eigenvalue weighted by Crippen LogP contribution is -2.05. The van der Waals surface area contributed by atoms with Gasteiger partial charge in [0.2, 0.25) is 0 Å². The van der Waals surface area contributed by atoms with E-state index >= 15 is 0 Å². The molecule has 0 saturated heterocycles. The van der Waals surface area contributed by atoms with Crippen LogP contribution in [0.3, 0.4) is 0 Å². The molecule has 0 aromatic rings. The van der Waals surface area contributed by atoms with E-state index in [1.54, 1.807) is 0 Å². The molecule has 1 radical (unpaired) electrons. The Hall–Kier alpha value is -0.330. The van der Waals surface area contributed by atoms with E-state index in [0.29, 0.717) is 11.7 Å². The van der Waals surface area contributed by atoms with Gasteiger partial charge in [0.15, 0.2) is 0 Å². The second-order valence-electron chi connectivity index (χ2n) is 3.05. The highest BCUT2D eigenvalue weighted by Gasteiger charge is 2.22. The summed E-state index contributed by atoms with van der Waals surface area (Å²) in [6.45, 7) is 3.76. The first-order valence-electron chi connectivity index (χ1n) is 4.16. The van der Waals surface area contributed by atoms with E-state index in [9.17, 15) is 4.79 Å². The molecular formula is C9H15O. The van der Waals surface area contributed by atoms with Crippen LogP contribution in [0, 0.1) is 12.8 Å². The van der Waals surface area contributed by atoms with Gasteiger partial charge in [-0.1, -0.05) is 19.8 Å². The van der Waals surface area contributed by atoms with Gasteiger partial charge in [0.25, 0.3) is 0 Å². The number of hydrogen-bond donors (Lipinski definition) is 0. The van der Waals surface area contributed by atoms with Crippen LogP contribution in [-0.2, 0) is 4.79 Å². The lowest BCUT2D eigenvalue weighted by atomic mass is 10.0. The largest absolute Gasteiger partial charge is 0.299 e. The Bertz CT molecular complexity index is 118. The molecule has 0 spiro atoms. The third kappa shape index (κ3) is 1.83. The maximum Gasteiger partial charge on any atom is 0.135 e. The number of hydrogen-bond acceptors (Lipinski definition) is 1. The summed E-state index contributed by atoms with van der Waals surface area (Å²) in [6.07, 6.45) is 6.28. The Morgan fingerprint density at radius 3 is 2.90 bits per heavy atom. The van der Waals surface area contributed by atoms with Crippen molar-refractivity contribution in [2.45, 2.75) is 38.5 Å². The van der Waals surface area contributed by atoms with Gasteiger partial charge in [-0.2, -0.15) is 0 Å². The van der Waals surface area contributed by atoms with Crippen LogP contribution < -0.4 is 0 Å². The highest BCUT2D eigenvalue weighted by atomic mass is 16.1. The number of carbonyl (C=O) groups excluding carboxylic acids is 1. The van der Waals surface area contributed by atoms with E-state index in [0.717, 1.165) is 38.5 Å². The first kappa shape index (κ1) is 7.77. The van der Waals surface area contributed by atoms with Gasteiger partial charge in [-0.3, -0.25) is 4.79 Å². The highest BCUT2D eigenvalue weighted by Crippen LogP contribution is 2.25. The summed E-state index contributed by atoms with van der Waals surface area (Å²) in [5.41, 5.74) is 0. The average Bonchev–Trinajstić information content (AvgIpc) is 2.31. The number of Topliss-reactive ketones (excluding diaryl/α,β-unsaturated/α-hetero) is 1. The molecule has 1 saturated carbocycles. The van der Waals surface area contributed by atoms with Gasteiger partial charge in [0.05, 0.1) is 0 Å². The maximum atomic E-state index is 11.1. The van der Waals surface area contributed by atoms with Gasteiger partial charge in [0, 0.05) is 12.3 Å². The predicted molar refractivity (Wildman–Crippen MR) is 41.6 cm³/mol. The van der Waals surface area contributed by atoms with Crippen molar-refractivity contribution in [2.75, 3.05) is 0 Å². The summed E-state index contributed by atoms with van der Waals surface area (Å²) < 4.78 is 0. The van der Waals surface area contributed by atoms with Crippen LogP contribution in [0.1, 0.15) is 38.5 Å². The van der Waals surface area contributed by atoms with Gasteiger partial charge < -0.3 is 0 Å². The fraction of sp³-hybridized carbons (Fsp3) is 0.778. The van der Waals surface area contributed by atoms with Crippen LogP contribution in [0.4, 0.5) is 0 Å². The van der Waals surface area contributed by atoms with Crippen molar-refractivity contribution in [3.63, 3.8) is 0 Å². The number of rotatable bonds is 3. The molecule has 1 atom stereocenters. The molecule has 1 nitrogen and oxygen atoms in total. The molecule has 0 N–H and O–H groups in total. The van der Waals surface area contributed by atoms with E-state index in [1.165, 1.54) is 0 Å². The molecule has 1 fully saturated rings. The molecule has 0 aromatic carbocycles. The molecule has 0 aliphatic heterocycles. The van der Waals surface area contributed by atoms with Crippen molar-refractivity contribution in [2.24, 2.45) is 5.92 Å². The quantitative estimate of drug-likeness (QED) is 0.586. The van der Waals surface area contributed by atoms with E-state index in [-0.39, 0.29) is 0 Å². The predicted octanol–water partition coefficient (Wildman–Crippen LogP) is 2.36. The summed E-state index contributed by atoms with van der Waals surface area (Å²) in [5.74, 6) is 0.898. The Morgan fingerprint density at radius 1 is 1.60 bits per heavy atom. The van der Waals surface area contributed by atoms with Crippen LogP contribution in [0.5, 0.6) is 0 Å². The summed E-state index contributed by atoms with van der Waals surface area (Å²) in [4.78, 5) is 11.1. The van der Waals surface area contributed by atoms with E-state index in [2.05, 4.69) is 6.92 Å². The second-order valence-corrected chi connectivity index (χ2v) is 3.05. The average molecular weight is 139 g/mol. The van der Waals surface area contributed by atoms with Crippen LogP contribution >= 0.6 is 0 Å². The molecular weight excluding hydrogens is 124 g/mol. The van der Waals surface area contributed by atoms with Gasteiger partial charge in [-0.25, -0.2) is 0 Å². The van der Waals surface area contributed by atoms with E-state index < -0.39 is 0 Å². The van der Waals surface area contributed by atoms with Gasteiger partial charge in [-0.05, 0) is 19.3 Å². The first-order chi connectivity index (χ1) is 4.84. The van der Waals surface area contributed by atoms with Crippen molar-refractivity contribution in [1.82, 2.24) is 0 Å². The molecule has 1 aliphatic carbocycles.